The first-order chi connectivity index (χ1) is 8.06. The SMILES string of the molecule is NC(=O)Cn1ccnc1-c1cc(Cl)cc(Br)c1. The fourth-order valence-corrected chi connectivity index (χ4v) is 2.41. The molecule has 1 aromatic carbocycles. The van der Waals surface area contributed by atoms with Crippen LogP contribution in [0.2, 0.25) is 5.02 Å². The van der Waals surface area contributed by atoms with Crippen molar-refractivity contribution in [3.05, 3.63) is 40.1 Å². The maximum atomic E-state index is 10.9. The second-order valence-corrected chi connectivity index (χ2v) is 4.86. The Morgan fingerprint density at radius 2 is 2.24 bits per heavy atom. The number of rotatable bonds is 3. The number of carbonyl (C=O) groups is 1. The Balaban J connectivity index is 2.45. The van der Waals surface area contributed by atoms with E-state index in [1.807, 2.05) is 6.07 Å². The number of halogens is 2. The average Bonchev–Trinajstić information content (AvgIpc) is 2.63. The molecule has 1 heterocycles. The first-order valence-corrected chi connectivity index (χ1v) is 5.99. The molecule has 0 saturated heterocycles. The average molecular weight is 315 g/mol. The number of primary amides is 1. The van der Waals surface area contributed by atoms with Gasteiger partial charge in [-0.15, -0.1) is 0 Å². The molecule has 2 aromatic rings. The fourth-order valence-electron chi connectivity index (χ4n) is 1.55. The minimum atomic E-state index is -0.412. The topological polar surface area (TPSA) is 60.9 Å². The number of hydrogen-bond donors (Lipinski definition) is 1. The fraction of sp³-hybridized carbons (Fsp3) is 0.0909. The zero-order chi connectivity index (χ0) is 12.4. The Labute approximate surface area is 112 Å². The molecule has 0 atom stereocenters. The molecule has 0 aliphatic rings. The van der Waals surface area contributed by atoms with Gasteiger partial charge in [0.05, 0.1) is 0 Å². The predicted octanol–water partition coefficient (Wildman–Crippen LogP) is 2.45. The van der Waals surface area contributed by atoms with Gasteiger partial charge in [-0.05, 0) is 18.2 Å². The van der Waals surface area contributed by atoms with Crippen molar-refractivity contribution in [2.45, 2.75) is 6.54 Å². The minimum Gasteiger partial charge on any atom is -0.368 e. The molecule has 0 bridgehead atoms. The maximum Gasteiger partial charge on any atom is 0.237 e. The monoisotopic (exact) mass is 313 g/mol. The molecule has 0 spiro atoms. The normalized spacial score (nSPS) is 10.5. The van der Waals surface area contributed by atoms with E-state index in [0.29, 0.717) is 10.8 Å². The Hall–Kier alpha value is -1.33. The number of amides is 1. The van der Waals surface area contributed by atoms with Gasteiger partial charge >= 0.3 is 0 Å². The highest BCUT2D eigenvalue weighted by atomic mass is 79.9. The predicted molar refractivity (Wildman–Crippen MR) is 69.6 cm³/mol. The number of imidazole rings is 1. The lowest BCUT2D eigenvalue weighted by atomic mass is 10.2. The van der Waals surface area contributed by atoms with Crippen LogP contribution < -0.4 is 5.73 Å². The molecule has 2 rings (SSSR count). The molecule has 0 saturated carbocycles. The van der Waals surface area contributed by atoms with Gasteiger partial charge in [-0.3, -0.25) is 4.79 Å². The van der Waals surface area contributed by atoms with Crippen LogP contribution >= 0.6 is 27.5 Å². The first kappa shape index (κ1) is 12.1. The van der Waals surface area contributed by atoms with Crippen molar-refractivity contribution in [2.24, 2.45) is 5.73 Å². The van der Waals surface area contributed by atoms with Gasteiger partial charge in [0.25, 0.3) is 0 Å². The molecule has 4 nitrogen and oxygen atoms in total. The van der Waals surface area contributed by atoms with Crippen molar-refractivity contribution in [3.8, 4) is 11.4 Å². The summed E-state index contributed by atoms with van der Waals surface area (Å²) in [6.07, 6.45) is 3.32. The molecule has 0 unspecified atom stereocenters. The summed E-state index contributed by atoms with van der Waals surface area (Å²) >= 11 is 9.33. The van der Waals surface area contributed by atoms with Crippen molar-refractivity contribution < 1.29 is 4.79 Å². The van der Waals surface area contributed by atoms with Gasteiger partial charge in [0.2, 0.25) is 5.91 Å². The van der Waals surface area contributed by atoms with Crippen molar-refractivity contribution in [2.75, 3.05) is 0 Å². The molecule has 6 heteroatoms. The van der Waals surface area contributed by atoms with Gasteiger partial charge in [0.1, 0.15) is 12.4 Å². The molecular weight excluding hydrogens is 305 g/mol. The summed E-state index contributed by atoms with van der Waals surface area (Å²) in [5, 5.41) is 0.600. The third-order valence-corrected chi connectivity index (χ3v) is 2.84. The van der Waals surface area contributed by atoms with Gasteiger partial charge in [-0.2, -0.15) is 0 Å². The summed E-state index contributed by atoms with van der Waals surface area (Å²) in [6, 6.07) is 5.45. The standard InChI is InChI=1S/C11H9BrClN3O/c12-8-3-7(4-9(13)5-8)11-15-1-2-16(11)6-10(14)17/h1-5H,6H2,(H2,14,17). The number of nitrogens with zero attached hydrogens (tertiary/aromatic N) is 2. The highest BCUT2D eigenvalue weighted by molar-refractivity contribution is 9.10. The second kappa shape index (κ2) is 4.89. The molecule has 0 radical (unpaired) electrons. The summed E-state index contributed by atoms with van der Waals surface area (Å²) in [4.78, 5) is 15.1. The van der Waals surface area contributed by atoms with Gasteiger partial charge in [-0.25, -0.2) is 4.98 Å². The summed E-state index contributed by atoms with van der Waals surface area (Å²) in [7, 11) is 0. The van der Waals surface area contributed by atoms with Gasteiger partial charge in [-0.1, -0.05) is 27.5 Å². The van der Waals surface area contributed by atoms with Crippen molar-refractivity contribution in [3.63, 3.8) is 0 Å². The van der Waals surface area contributed by atoms with Crippen LogP contribution in [0.15, 0.2) is 35.1 Å². The molecule has 17 heavy (non-hydrogen) atoms. The third kappa shape index (κ3) is 2.87. The number of aromatic nitrogens is 2. The number of carbonyl (C=O) groups excluding carboxylic acids is 1. The third-order valence-electron chi connectivity index (χ3n) is 2.16. The summed E-state index contributed by atoms with van der Waals surface area (Å²) in [5.41, 5.74) is 6.00. The molecule has 2 N–H and O–H groups in total. The van der Waals surface area contributed by atoms with Gasteiger partial charge in [0.15, 0.2) is 0 Å². The molecular formula is C11H9BrClN3O. The first-order valence-electron chi connectivity index (χ1n) is 4.82. The van der Waals surface area contributed by atoms with E-state index >= 15 is 0 Å². The zero-order valence-electron chi connectivity index (χ0n) is 8.73. The van der Waals surface area contributed by atoms with Crippen molar-refractivity contribution in [1.82, 2.24) is 9.55 Å². The van der Waals surface area contributed by atoms with E-state index in [1.54, 1.807) is 29.1 Å². The van der Waals surface area contributed by atoms with Crippen LogP contribution in [0.3, 0.4) is 0 Å². The molecule has 0 aliphatic carbocycles. The van der Waals surface area contributed by atoms with Crippen LogP contribution in [0, 0.1) is 0 Å². The van der Waals surface area contributed by atoms with Crippen LogP contribution in [-0.2, 0) is 11.3 Å². The van der Waals surface area contributed by atoms with E-state index in [0.717, 1.165) is 10.0 Å². The second-order valence-electron chi connectivity index (χ2n) is 3.50. The Kier molecular flexibility index (Phi) is 3.49. The van der Waals surface area contributed by atoms with E-state index in [4.69, 9.17) is 17.3 Å². The van der Waals surface area contributed by atoms with E-state index in [2.05, 4.69) is 20.9 Å². The van der Waals surface area contributed by atoms with Crippen LogP contribution in [0.1, 0.15) is 0 Å². The van der Waals surface area contributed by atoms with Crippen LogP contribution in [0.4, 0.5) is 0 Å². The van der Waals surface area contributed by atoms with Crippen LogP contribution in [0.5, 0.6) is 0 Å². The summed E-state index contributed by atoms with van der Waals surface area (Å²) in [6.45, 7) is 0.0967. The lowest BCUT2D eigenvalue weighted by molar-refractivity contribution is -0.118. The molecule has 88 valence electrons. The molecule has 1 aromatic heterocycles. The molecule has 0 aliphatic heterocycles. The van der Waals surface area contributed by atoms with Crippen LogP contribution in [-0.4, -0.2) is 15.5 Å². The highest BCUT2D eigenvalue weighted by Crippen LogP contribution is 2.26. The van der Waals surface area contributed by atoms with E-state index in [9.17, 15) is 4.79 Å². The van der Waals surface area contributed by atoms with Crippen molar-refractivity contribution >= 4 is 33.4 Å². The lowest BCUT2D eigenvalue weighted by Gasteiger charge is -2.06. The zero-order valence-corrected chi connectivity index (χ0v) is 11.1. The number of hydrogen-bond acceptors (Lipinski definition) is 2. The number of benzene rings is 1. The maximum absolute atomic E-state index is 10.9. The van der Waals surface area contributed by atoms with E-state index < -0.39 is 5.91 Å². The van der Waals surface area contributed by atoms with Crippen molar-refractivity contribution in [1.29, 1.82) is 0 Å². The molecule has 0 fully saturated rings. The van der Waals surface area contributed by atoms with Gasteiger partial charge < -0.3 is 10.3 Å². The van der Waals surface area contributed by atoms with Gasteiger partial charge in [0, 0.05) is 27.5 Å². The highest BCUT2D eigenvalue weighted by Gasteiger charge is 2.09. The lowest BCUT2D eigenvalue weighted by Crippen LogP contribution is -2.18. The Bertz CT molecular complexity index is 547. The smallest absolute Gasteiger partial charge is 0.237 e. The summed E-state index contributed by atoms with van der Waals surface area (Å²) in [5.74, 6) is 0.248. The van der Waals surface area contributed by atoms with Crippen LogP contribution in [0.25, 0.3) is 11.4 Å². The summed E-state index contributed by atoms with van der Waals surface area (Å²) < 4.78 is 2.54. The molecule has 1 amide bonds. The minimum absolute atomic E-state index is 0.0967. The quantitative estimate of drug-likeness (QED) is 0.946. The number of nitrogens with two attached hydrogens (primary N) is 1. The van der Waals surface area contributed by atoms with E-state index in [1.165, 1.54) is 0 Å². The Morgan fingerprint density at radius 1 is 1.47 bits per heavy atom. The largest absolute Gasteiger partial charge is 0.368 e. The Morgan fingerprint density at radius 3 is 2.88 bits per heavy atom. The van der Waals surface area contributed by atoms with E-state index in [-0.39, 0.29) is 6.54 Å².